The molecule has 3 N–H and O–H groups in total. The number of aliphatic imine (C=N–C) groups is 1. The highest BCUT2D eigenvalue weighted by atomic mass is 16.3. The van der Waals surface area contributed by atoms with E-state index in [4.69, 9.17) is 0 Å². The number of anilines is 1. The van der Waals surface area contributed by atoms with Crippen LogP contribution in [0.4, 0.5) is 5.69 Å². The summed E-state index contributed by atoms with van der Waals surface area (Å²) in [5.41, 5.74) is 3.78. The van der Waals surface area contributed by atoms with Gasteiger partial charge in [-0.05, 0) is 77.9 Å². The number of phenolic OH excluding ortho intramolecular Hbond substituents is 1. The zero-order chi connectivity index (χ0) is 18.8. The Hall–Kier alpha value is -2.56. The lowest BCUT2D eigenvalue weighted by Crippen LogP contribution is -2.28. The van der Waals surface area contributed by atoms with Crippen LogP contribution in [0.3, 0.4) is 0 Å². The molecule has 1 saturated carbocycles. The smallest absolute Gasteiger partial charge is 0.256 e. The number of carbonyl (C=O) groups excluding carboxylic acids is 1. The average Bonchev–Trinajstić information content (AvgIpc) is 3.25. The molecule has 2 rings (SSSR count). The second-order valence-corrected chi connectivity index (χ2v) is 7.15. The van der Waals surface area contributed by atoms with E-state index in [2.05, 4.69) is 29.3 Å². The Kier molecular flexibility index (Phi) is 5.36. The van der Waals surface area contributed by atoms with E-state index in [1.165, 1.54) is 0 Å². The zero-order valence-electron chi connectivity index (χ0n) is 15.7. The van der Waals surface area contributed by atoms with Crippen LogP contribution >= 0.6 is 0 Å². The van der Waals surface area contributed by atoms with E-state index < -0.39 is 0 Å². The third-order valence-electron chi connectivity index (χ3n) is 4.49. The minimum Gasteiger partial charge on any atom is -0.508 e. The molecule has 0 aliphatic heterocycles. The summed E-state index contributed by atoms with van der Waals surface area (Å²) in [7, 11) is 0. The van der Waals surface area contributed by atoms with Crippen LogP contribution in [0.25, 0.3) is 0 Å². The van der Waals surface area contributed by atoms with Crippen molar-refractivity contribution in [3.8, 4) is 5.75 Å². The Morgan fingerprint density at radius 1 is 1.28 bits per heavy atom. The lowest BCUT2D eigenvalue weighted by Gasteiger charge is -2.19. The molecule has 25 heavy (non-hydrogen) atoms. The van der Waals surface area contributed by atoms with Gasteiger partial charge in [0.25, 0.3) is 5.91 Å². The average molecular weight is 341 g/mol. The molecule has 1 aliphatic carbocycles. The van der Waals surface area contributed by atoms with Crippen LogP contribution in [0.1, 0.15) is 46.1 Å². The molecule has 0 aromatic heterocycles. The van der Waals surface area contributed by atoms with Crippen molar-refractivity contribution in [2.24, 2.45) is 4.99 Å². The van der Waals surface area contributed by atoms with Crippen LogP contribution in [0.2, 0.25) is 0 Å². The van der Waals surface area contributed by atoms with Crippen LogP contribution in [-0.2, 0) is 4.79 Å². The molecule has 0 heterocycles. The quantitative estimate of drug-likeness (QED) is 0.316. The third kappa shape index (κ3) is 4.50. The Balaban J connectivity index is 2.32. The van der Waals surface area contributed by atoms with Gasteiger partial charge in [0, 0.05) is 22.4 Å². The molecule has 134 valence electrons. The summed E-state index contributed by atoms with van der Waals surface area (Å²) >= 11 is 0. The van der Waals surface area contributed by atoms with E-state index in [9.17, 15) is 9.90 Å². The summed E-state index contributed by atoms with van der Waals surface area (Å²) in [4.78, 5) is 17.0. The Morgan fingerprint density at radius 2 is 1.92 bits per heavy atom. The van der Waals surface area contributed by atoms with Gasteiger partial charge >= 0.3 is 0 Å². The SMILES string of the molecule is C=N/C(NC1(C)CC1)=C(\C)C(C(=O)Nc1ccc(O)cc1C)=C(C)C. The van der Waals surface area contributed by atoms with E-state index in [1.807, 2.05) is 27.7 Å². The molecule has 0 atom stereocenters. The summed E-state index contributed by atoms with van der Waals surface area (Å²) in [5.74, 6) is 0.623. The van der Waals surface area contributed by atoms with Crippen molar-refractivity contribution in [2.45, 2.75) is 53.0 Å². The summed E-state index contributed by atoms with van der Waals surface area (Å²) in [6.07, 6.45) is 2.17. The van der Waals surface area contributed by atoms with Crippen molar-refractivity contribution in [1.29, 1.82) is 0 Å². The number of nitrogens with one attached hydrogen (secondary N) is 2. The monoisotopic (exact) mass is 341 g/mol. The molecule has 0 saturated heterocycles. The molecule has 5 nitrogen and oxygen atoms in total. The van der Waals surface area contributed by atoms with Crippen molar-refractivity contribution in [3.63, 3.8) is 0 Å². The topological polar surface area (TPSA) is 73.7 Å². The molecule has 1 aliphatic rings. The predicted molar refractivity (Wildman–Crippen MR) is 103 cm³/mol. The largest absolute Gasteiger partial charge is 0.508 e. The van der Waals surface area contributed by atoms with Crippen molar-refractivity contribution >= 4 is 18.3 Å². The molecule has 0 spiro atoms. The third-order valence-corrected chi connectivity index (χ3v) is 4.49. The molecular weight excluding hydrogens is 314 g/mol. The van der Waals surface area contributed by atoms with E-state index in [1.54, 1.807) is 18.2 Å². The highest BCUT2D eigenvalue weighted by Gasteiger charge is 2.38. The molecule has 1 amide bonds. The first-order valence-electron chi connectivity index (χ1n) is 8.41. The van der Waals surface area contributed by atoms with Gasteiger partial charge in [-0.15, -0.1) is 0 Å². The van der Waals surface area contributed by atoms with Gasteiger partial charge in [0.05, 0.1) is 0 Å². The predicted octanol–water partition coefficient (Wildman–Crippen LogP) is 4.05. The molecular formula is C20H27N3O2. The van der Waals surface area contributed by atoms with Gasteiger partial charge < -0.3 is 15.7 Å². The molecule has 0 radical (unpaired) electrons. The van der Waals surface area contributed by atoms with Crippen molar-refractivity contribution in [2.75, 3.05) is 5.32 Å². The van der Waals surface area contributed by atoms with Crippen LogP contribution in [0, 0.1) is 6.92 Å². The number of amides is 1. The fourth-order valence-electron chi connectivity index (χ4n) is 2.71. The highest BCUT2D eigenvalue weighted by Crippen LogP contribution is 2.36. The second-order valence-electron chi connectivity index (χ2n) is 7.15. The van der Waals surface area contributed by atoms with Gasteiger partial charge in [-0.25, -0.2) is 4.99 Å². The van der Waals surface area contributed by atoms with Gasteiger partial charge in [0.15, 0.2) is 0 Å². The summed E-state index contributed by atoms with van der Waals surface area (Å²) in [5, 5.41) is 15.8. The summed E-state index contributed by atoms with van der Waals surface area (Å²) in [6, 6.07) is 4.87. The molecule has 1 fully saturated rings. The molecule has 0 bridgehead atoms. The molecule has 1 aromatic rings. The minimum absolute atomic E-state index is 0.0502. The molecule has 0 unspecified atom stereocenters. The van der Waals surface area contributed by atoms with E-state index in [0.29, 0.717) is 17.1 Å². The van der Waals surface area contributed by atoms with E-state index in [-0.39, 0.29) is 17.2 Å². The van der Waals surface area contributed by atoms with Crippen LogP contribution < -0.4 is 10.6 Å². The van der Waals surface area contributed by atoms with Gasteiger partial charge in [-0.1, -0.05) is 5.57 Å². The Labute approximate surface area is 149 Å². The number of hydrogen-bond donors (Lipinski definition) is 3. The first-order chi connectivity index (χ1) is 11.7. The number of allylic oxidation sites excluding steroid dienone is 1. The highest BCUT2D eigenvalue weighted by molar-refractivity contribution is 6.07. The lowest BCUT2D eigenvalue weighted by molar-refractivity contribution is -0.112. The zero-order valence-corrected chi connectivity index (χ0v) is 15.7. The lowest BCUT2D eigenvalue weighted by atomic mass is 10.0. The van der Waals surface area contributed by atoms with Gasteiger partial charge in [0.2, 0.25) is 0 Å². The van der Waals surface area contributed by atoms with Crippen LogP contribution in [-0.4, -0.2) is 23.3 Å². The first kappa shape index (κ1) is 18.8. The Morgan fingerprint density at radius 3 is 2.40 bits per heavy atom. The Bertz CT molecular complexity index is 767. The molecule has 1 aromatic carbocycles. The van der Waals surface area contributed by atoms with Gasteiger partial charge in [-0.2, -0.15) is 0 Å². The minimum atomic E-state index is -0.199. The number of aromatic hydroxyl groups is 1. The van der Waals surface area contributed by atoms with E-state index in [0.717, 1.165) is 29.6 Å². The standard InChI is InChI=1S/C20H27N3O2/c1-12(2)17(14(4)18(21-6)23-20(5)9-10-20)19(25)22-16-8-7-15(24)11-13(16)3/h7-8,11,23-24H,6,9-10H2,1-5H3,(H,22,25)/b18-14-. The van der Waals surface area contributed by atoms with Crippen LogP contribution in [0.5, 0.6) is 5.75 Å². The fourth-order valence-corrected chi connectivity index (χ4v) is 2.71. The van der Waals surface area contributed by atoms with Crippen LogP contribution in [0.15, 0.2) is 45.7 Å². The number of phenols is 1. The number of nitrogens with zero attached hydrogens (tertiary/aromatic N) is 1. The summed E-state index contributed by atoms with van der Waals surface area (Å²) < 4.78 is 0. The maximum Gasteiger partial charge on any atom is 0.256 e. The first-order valence-corrected chi connectivity index (χ1v) is 8.41. The van der Waals surface area contributed by atoms with E-state index >= 15 is 0 Å². The van der Waals surface area contributed by atoms with Crippen molar-refractivity contribution in [1.82, 2.24) is 5.32 Å². The molecule has 5 heteroatoms. The maximum atomic E-state index is 12.9. The number of carbonyl (C=O) groups is 1. The summed E-state index contributed by atoms with van der Waals surface area (Å²) in [6.45, 7) is 13.3. The van der Waals surface area contributed by atoms with Gasteiger partial charge in [0.1, 0.15) is 11.6 Å². The van der Waals surface area contributed by atoms with Crippen molar-refractivity contribution in [3.05, 3.63) is 46.3 Å². The normalized spacial score (nSPS) is 15.7. The number of rotatable bonds is 6. The van der Waals surface area contributed by atoms with Gasteiger partial charge in [-0.3, -0.25) is 4.79 Å². The number of hydrogen-bond acceptors (Lipinski definition) is 4. The fraction of sp³-hybridized carbons (Fsp3) is 0.400. The number of benzene rings is 1. The maximum absolute atomic E-state index is 12.9. The van der Waals surface area contributed by atoms with Crippen molar-refractivity contribution < 1.29 is 9.90 Å². The number of aryl methyl sites for hydroxylation is 1. The second kappa shape index (κ2) is 7.13.